The third-order valence-corrected chi connectivity index (χ3v) is 4.01. The molecule has 6 nitrogen and oxygen atoms in total. The van der Waals surface area contributed by atoms with Crippen LogP contribution in [-0.4, -0.2) is 23.1 Å². The number of urea groups is 1. The molecule has 1 aromatic heterocycles. The highest BCUT2D eigenvalue weighted by atomic mass is 16.4. The van der Waals surface area contributed by atoms with Gasteiger partial charge in [0.25, 0.3) is 0 Å². The molecular weight excluding hydrogens is 272 g/mol. The van der Waals surface area contributed by atoms with Crippen molar-refractivity contribution in [1.29, 1.82) is 0 Å². The molecule has 2 amide bonds. The second-order valence-electron chi connectivity index (χ2n) is 5.75. The molecule has 1 unspecified atom stereocenters. The summed E-state index contributed by atoms with van der Waals surface area (Å²) in [4.78, 5) is 22.9. The van der Waals surface area contributed by atoms with Crippen LogP contribution in [0.1, 0.15) is 49.3 Å². The standard InChI is InChI=1S/C15H22N2O4/c1-8-6-13(10(3)21-8)9(2)16-15(20)17-12-5-4-11(7-12)14(18)19/h6,9,11-12H,4-5,7H2,1-3H3,(H,18,19)(H2,16,17,20)/t9?,11-,12+/m1/s1. The Kier molecular flexibility index (Phi) is 4.55. The molecule has 1 aliphatic carbocycles. The number of carbonyl (C=O) groups excluding carboxylic acids is 1. The van der Waals surface area contributed by atoms with Crippen molar-refractivity contribution in [3.63, 3.8) is 0 Å². The maximum absolute atomic E-state index is 12.0. The predicted molar refractivity (Wildman–Crippen MR) is 77.0 cm³/mol. The summed E-state index contributed by atoms with van der Waals surface area (Å²) >= 11 is 0. The first kappa shape index (κ1) is 15.4. The zero-order valence-corrected chi connectivity index (χ0v) is 12.6. The molecule has 0 spiro atoms. The molecule has 0 bridgehead atoms. The number of carbonyl (C=O) groups is 2. The van der Waals surface area contributed by atoms with Gasteiger partial charge < -0.3 is 20.2 Å². The zero-order valence-electron chi connectivity index (χ0n) is 12.6. The van der Waals surface area contributed by atoms with E-state index in [4.69, 9.17) is 9.52 Å². The summed E-state index contributed by atoms with van der Waals surface area (Å²) in [7, 11) is 0. The van der Waals surface area contributed by atoms with Gasteiger partial charge in [0, 0.05) is 11.6 Å². The van der Waals surface area contributed by atoms with Crippen molar-refractivity contribution in [2.75, 3.05) is 0 Å². The molecule has 116 valence electrons. The summed E-state index contributed by atoms with van der Waals surface area (Å²) < 4.78 is 5.45. The normalized spacial score (nSPS) is 22.8. The van der Waals surface area contributed by atoms with E-state index >= 15 is 0 Å². The first-order valence-corrected chi connectivity index (χ1v) is 7.23. The van der Waals surface area contributed by atoms with E-state index in [2.05, 4.69) is 10.6 Å². The number of carboxylic acid groups (broad SMARTS) is 1. The SMILES string of the molecule is Cc1cc(C(C)NC(=O)N[C@H]2CC[C@@H](C(=O)O)C2)c(C)o1. The third-order valence-electron chi connectivity index (χ3n) is 4.01. The fourth-order valence-corrected chi connectivity index (χ4v) is 2.92. The van der Waals surface area contributed by atoms with E-state index in [0.29, 0.717) is 19.3 Å². The molecular formula is C15H22N2O4. The highest BCUT2D eigenvalue weighted by Gasteiger charge is 2.30. The minimum absolute atomic E-state index is 0.0644. The number of aryl methyl sites for hydroxylation is 2. The molecule has 1 aromatic rings. The molecule has 1 heterocycles. The summed E-state index contributed by atoms with van der Waals surface area (Å²) in [6.07, 6.45) is 1.83. The summed E-state index contributed by atoms with van der Waals surface area (Å²) in [5.74, 6) is 0.493. The van der Waals surface area contributed by atoms with Gasteiger partial charge in [0.2, 0.25) is 0 Å². The molecule has 21 heavy (non-hydrogen) atoms. The molecule has 6 heteroatoms. The van der Waals surface area contributed by atoms with Gasteiger partial charge in [0.1, 0.15) is 11.5 Å². The van der Waals surface area contributed by atoms with Crippen LogP contribution in [-0.2, 0) is 4.79 Å². The smallest absolute Gasteiger partial charge is 0.315 e. The van der Waals surface area contributed by atoms with E-state index in [0.717, 1.165) is 17.1 Å². The van der Waals surface area contributed by atoms with E-state index < -0.39 is 5.97 Å². The molecule has 0 saturated heterocycles. The number of carboxylic acids is 1. The van der Waals surface area contributed by atoms with Crippen LogP contribution in [0.2, 0.25) is 0 Å². The molecule has 0 aromatic carbocycles. The Labute approximate surface area is 123 Å². The van der Waals surface area contributed by atoms with E-state index in [1.54, 1.807) is 0 Å². The largest absolute Gasteiger partial charge is 0.481 e. The molecule has 0 aliphatic heterocycles. The lowest BCUT2D eigenvalue weighted by Gasteiger charge is -2.17. The number of rotatable bonds is 4. The molecule has 3 atom stereocenters. The number of furan rings is 1. The maximum Gasteiger partial charge on any atom is 0.315 e. The van der Waals surface area contributed by atoms with Gasteiger partial charge in [-0.3, -0.25) is 4.79 Å². The lowest BCUT2D eigenvalue weighted by atomic mass is 10.1. The second-order valence-corrected chi connectivity index (χ2v) is 5.75. The predicted octanol–water partition coefficient (Wildman–Crippen LogP) is 2.51. The van der Waals surface area contributed by atoms with Crippen LogP contribution in [0.4, 0.5) is 4.79 Å². The molecule has 1 fully saturated rings. The van der Waals surface area contributed by atoms with Crippen molar-refractivity contribution in [1.82, 2.24) is 10.6 Å². The Balaban J connectivity index is 1.85. The van der Waals surface area contributed by atoms with Crippen molar-refractivity contribution < 1.29 is 19.1 Å². The number of nitrogens with one attached hydrogen (secondary N) is 2. The van der Waals surface area contributed by atoms with Crippen LogP contribution in [0.3, 0.4) is 0 Å². The van der Waals surface area contributed by atoms with Crippen LogP contribution in [0.15, 0.2) is 10.5 Å². The zero-order chi connectivity index (χ0) is 15.6. The van der Waals surface area contributed by atoms with Gasteiger partial charge >= 0.3 is 12.0 Å². The first-order valence-electron chi connectivity index (χ1n) is 7.23. The second kappa shape index (κ2) is 6.20. The number of hydrogen-bond acceptors (Lipinski definition) is 3. The van der Waals surface area contributed by atoms with Gasteiger partial charge in [-0.25, -0.2) is 4.79 Å². The monoisotopic (exact) mass is 294 g/mol. The Morgan fingerprint density at radius 3 is 2.62 bits per heavy atom. The highest BCUT2D eigenvalue weighted by Crippen LogP contribution is 2.26. The van der Waals surface area contributed by atoms with E-state index in [-0.39, 0.29) is 24.0 Å². The fraction of sp³-hybridized carbons (Fsp3) is 0.600. The Morgan fingerprint density at radius 2 is 2.10 bits per heavy atom. The minimum atomic E-state index is -0.780. The topological polar surface area (TPSA) is 91.6 Å². The average Bonchev–Trinajstić information content (AvgIpc) is 2.95. The maximum atomic E-state index is 12.0. The molecule has 1 aliphatic rings. The van der Waals surface area contributed by atoms with Crippen molar-refractivity contribution in [3.8, 4) is 0 Å². The molecule has 2 rings (SSSR count). The number of aliphatic carboxylic acids is 1. The van der Waals surface area contributed by atoms with Crippen molar-refractivity contribution >= 4 is 12.0 Å². The van der Waals surface area contributed by atoms with Crippen molar-refractivity contribution in [2.45, 2.75) is 52.1 Å². The van der Waals surface area contributed by atoms with Crippen LogP contribution >= 0.6 is 0 Å². The van der Waals surface area contributed by atoms with Gasteiger partial charge in [-0.1, -0.05) is 0 Å². The fourth-order valence-electron chi connectivity index (χ4n) is 2.92. The van der Waals surface area contributed by atoms with E-state index in [1.165, 1.54) is 0 Å². The number of hydrogen-bond donors (Lipinski definition) is 3. The molecule has 0 radical (unpaired) electrons. The summed E-state index contributed by atoms with van der Waals surface area (Å²) in [5, 5.41) is 14.7. The lowest BCUT2D eigenvalue weighted by molar-refractivity contribution is -0.141. The van der Waals surface area contributed by atoms with Gasteiger partial charge in [0.05, 0.1) is 12.0 Å². The van der Waals surface area contributed by atoms with Gasteiger partial charge in [0.15, 0.2) is 0 Å². The third kappa shape index (κ3) is 3.77. The average molecular weight is 294 g/mol. The van der Waals surface area contributed by atoms with Crippen LogP contribution in [0, 0.1) is 19.8 Å². The van der Waals surface area contributed by atoms with E-state index in [1.807, 2.05) is 26.8 Å². The van der Waals surface area contributed by atoms with Crippen molar-refractivity contribution in [2.24, 2.45) is 5.92 Å². The van der Waals surface area contributed by atoms with Gasteiger partial charge in [-0.05, 0) is 46.1 Å². The first-order chi connectivity index (χ1) is 9.86. The van der Waals surface area contributed by atoms with Gasteiger partial charge in [-0.2, -0.15) is 0 Å². The summed E-state index contributed by atoms with van der Waals surface area (Å²) in [6, 6.07) is 1.43. The van der Waals surface area contributed by atoms with Crippen LogP contribution in [0.25, 0.3) is 0 Å². The van der Waals surface area contributed by atoms with Crippen LogP contribution < -0.4 is 10.6 Å². The summed E-state index contributed by atoms with van der Waals surface area (Å²) in [5.41, 5.74) is 0.956. The highest BCUT2D eigenvalue weighted by molar-refractivity contribution is 5.75. The number of amides is 2. The lowest BCUT2D eigenvalue weighted by Crippen LogP contribution is -2.42. The van der Waals surface area contributed by atoms with Crippen LogP contribution in [0.5, 0.6) is 0 Å². The summed E-state index contributed by atoms with van der Waals surface area (Å²) in [6.45, 7) is 5.63. The Hall–Kier alpha value is -1.98. The minimum Gasteiger partial charge on any atom is -0.481 e. The Morgan fingerprint density at radius 1 is 1.38 bits per heavy atom. The Bertz CT molecular complexity index is 538. The quantitative estimate of drug-likeness (QED) is 0.795. The van der Waals surface area contributed by atoms with Gasteiger partial charge in [-0.15, -0.1) is 0 Å². The molecule has 1 saturated carbocycles. The van der Waals surface area contributed by atoms with E-state index in [9.17, 15) is 9.59 Å². The molecule has 3 N–H and O–H groups in total. The van der Waals surface area contributed by atoms with Crippen molar-refractivity contribution in [3.05, 3.63) is 23.2 Å².